The molecule has 0 amide bonds. The maximum atomic E-state index is 8.95. The zero-order valence-electron chi connectivity index (χ0n) is 19.7. The number of nitrogens with one attached hydrogen (secondary N) is 3. The van der Waals surface area contributed by atoms with E-state index in [1.54, 1.807) is 6.20 Å². The molecule has 8 nitrogen and oxygen atoms in total. The van der Waals surface area contributed by atoms with E-state index in [0.717, 1.165) is 74.4 Å². The van der Waals surface area contributed by atoms with Gasteiger partial charge in [-0.3, -0.25) is 0 Å². The highest BCUT2D eigenvalue weighted by atomic mass is 35.5. The average molecular weight is 489 g/mol. The van der Waals surface area contributed by atoms with Crippen molar-refractivity contribution in [3.63, 3.8) is 0 Å². The second kappa shape index (κ2) is 12.1. The molecule has 1 aliphatic carbocycles. The van der Waals surface area contributed by atoms with Crippen molar-refractivity contribution in [2.24, 2.45) is 5.73 Å². The first-order valence-corrected chi connectivity index (χ1v) is 12.8. The molecule has 1 aliphatic heterocycles. The molecule has 1 saturated heterocycles. The minimum Gasteiger partial charge on any atom is -0.396 e. The van der Waals surface area contributed by atoms with Crippen molar-refractivity contribution in [3.05, 3.63) is 35.5 Å². The normalized spacial score (nSPS) is 22.3. The molecule has 2 aromatic rings. The Morgan fingerprint density at radius 2 is 1.88 bits per heavy atom. The molecule has 3 heterocycles. The van der Waals surface area contributed by atoms with Crippen LogP contribution in [0.5, 0.6) is 0 Å². The van der Waals surface area contributed by atoms with Gasteiger partial charge in [0.15, 0.2) is 0 Å². The molecule has 0 bridgehead atoms. The quantitative estimate of drug-likeness (QED) is 0.323. The summed E-state index contributed by atoms with van der Waals surface area (Å²) < 4.78 is 5.44. The van der Waals surface area contributed by atoms with Crippen LogP contribution in [-0.4, -0.2) is 65.6 Å². The van der Waals surface area contributed by atoms with E-state index in [0.29, 0.717) is 36.9 Å². The van der Waals surface area contributed by atoms with Gasteiger partial charge in [0.05, 0.1) is 10.7 Å². The molecular weight excluding hydrogens is 452 g/mol. The number of rotatable bonds is 10. The molecule has 4 rings (SSSR count). The Morgan fingerprint density at radius 3 is 2.65 bits per heavy atom. The smallest absolute Gasteiger partial charge is 0.126 e. The maximum Gasteiger partial charge on any atom is 0.126 e. The highest BCUT2D eigenvalue weighted by Gasteiger charge is 2.28. The van der Waals surface area contributed by atoms with Crippen LogP contribution < -0.4 is 21.7 Å². The highest BCUT2D eigenvalue weighted by molar-refractivity contribution is 6.33. The van der Waals surface area contributed by atoms with Crippen LogP contribution in [-0.2, 0) is 4.74 Å². The molecule has 0 spiro atoms. The van der Waals surface area contributed by atoms with Crippen molar-refractivity contribution >= 4 is 23.2 Å². The van der Waals surface area contributed by atoms with Gasteiger partial charge in [0, 0.05) is 55.7 Å². The Morgan fingerprint density at radius 1 is 1.12 bits per heavy atom. The zero-order valence-corrected chi connectivity index (χ0v) is 20.5. The van der Waals surface area contributed by atoms with Crippen LogP contribution in [0.4, 0.5) is 11.6 Å². The van der Waals surface area contributed by atoms with Gasteiger partial charge in [0.2, 0.25) is 0 Å². The lowest BCUT2D eigenvalue weighted by Crippen LogP contribution is -2.50. The first kappa shape index (κ1) is 25.1. The summed E-state index contributed by atoms with van der Waals surface area (Å²) in [5.74, 6) is 1.60. The van der Waals surface area contributed by atoms with Gasteiger partial charge in [-0.2, -0.15) is 0 Å². The molecule has 2 aliphatic rings. The summed E-state index contributed by atoms with van der Waals surface area (Å²) in [7, 11) is 0. The minimum atomic E-state index is -0.269. The maximum absolute atomic E-state index is 8.95. The first-order valence-electron chi connectivity index (χ1n) is 12.4. The van der Waals surface area contributed by atoms with Crippen LogP contribution >= 0.6 is 11.6 Å². The van der Waals surface area contributed by atoms with E-state index in [1.807, 2.05) is 24.3 Å². The van der Waals surface area contributed by atoms with Crippen molar-refractivity contribution in [1.29, 1.82) is 0 Å². The first-order chi connectivity index (χ1) is 16.5. The summed E-state index contributed by atoms with van der Waals surface area (Å²) in [6.45, 7) is 3.18. The standard InChI is InChI=1S/C25H37ClN6O2/c26-21-16-29-24(31-19-7-5-18(6-8-19)28-11-2-12-33)15-20(21)22-3-1-4-23(32-22)30-17-25(27)9-13-34-14-10-25/h1,3-4,15-16,18-19,28,33H,2,5-14,17,27H2,(H,29,31)(H,30,32). The van der Waals surface area contributed by atoms with Crippen LogP contribution in [0.3, 0.4) is 0 Å². The molecule has 9 heteroatoms. The predicted octanol–water partition coefficient (Wildman–Crippen LogP) is 3.41. The van der Waals surface area contributed by atoms with Gasteiger partial charge in [0.1, 0.15) is 11.6 Å². The van der Waals surface area contributed by atoms with Crippen LogP contribution in [0.15, 0.2) is 30.5 Å². The number of nitrogens with two attached hydrogens (primary N) is 1. The number of pyridine rings is 2. The van der Waals surface area contributed by atoms with Gasteiger partial charge in [-0.1, -0.05) is 17.7 Å². The largest absolute Gasteiger partial charge is 0.396 e. The van der Waals surface area contributed by atoms with Crippen molar-refractivity contribution in [2.75, 3.05) is 43.5 Å². The Bertz CT molecular complexity index is 916. The third kappa shape index (κ3) is 7.02. The van der Waals surface area contributed by atoms with E-state index in [-0.39, 0.29) is 12.1 Å². The third-order valence-corrected chi connectivity index (χ3v) is 7.14. The molecule has 0 unspecified atom stereocenters. The molecule has 0 radical (unpaired) electrons. The lowest BCUT2D eigenvalue weighted by molar-refractivity contribution is 0.0574. The Balaban J connectivity index is 1.36. The van der Waals surface area contributed by atoms with Gasteiger partial charge in [-0.25, -0.2) is 9.97 Å². The number of nitrogens with zero attached hydrogens (tertiary/aromatic N) is 2. The molecule has 1 saturated carbocycles. The molecule has 186 valence electrons. The van der Waals surface area contributed by atoms with E-state index in [2.05, 4.69) is 20.9 Å². The van der Waals surface area contributed by atoms with Gasteiger partial charge >= 0.3 is 0 Å². The monoisotopic (exact) mass is 488 g/mol. The number of aliphatic hydroxyl groups excluding tert-OH is 1. The number of anilines is 2. The molecule has 6 N–H and O–H groups in total. The molecule has 0 atom stereocenters. The van der Waals surface area contributed by atoms with E-state index in [9.17, 15) is 0 Å². The van der Waals surface area contributed by atoms with Gasteiger partial charge in [-0.05, 0) is 69.7 Å². The SMILES string of the molecule is NC1(CNc2cccc(-c3cc(NC4CCC(NCCCO)CC4)ncc3Cl)n2)CCOCC1. The number of hydrogen-bond donors (Lipinski definition) is 5. The Labute approximate surface area is 207 Å². The zero-order chi connectivity index (χ0) is 23.8. The number of aromatic nitrogens is 2. The summed E-state index contributed by atoms with van der Waals surface area (Å²) in [5.41, 5.74) is 7.90. The lowest BCUT2D eigenvalue weighted by atomic mass is 9.91. The fraction of sp³-hybridized carbons (Fsp3) is 0.600. The van der Waals surface area contributed by atoms with Crippen LogP contribution in [0.25, 0.3) is 11.3 Å². The Hall–Kier alpha value is -1.97. The van der Waals surface area contributed by atoms with E-state index >= 15 is 0 Å². The van der Waals surface area contributed by atoms with Gasteiger partial charge in [0.25, 0.3) is 0 Å². The summed E-state index contributed by atoms with van der Waals surface area (Å²) in [4.78, 5) is 9.30. The number of aliphatic hydroxyl groups is 1. The van der Waals surface area contributed by atoms with Crippen molar-refractivity contribution in [1.82, 2.24) is 15.3 Å². The van der Waals surface area contributed by atoms with Crippen molar-refractivity contribution < 1.29 is 9.84 Å². The molecule has 34 heavy (non-hydrogen) atoms. The van der Waals surface area contributed by atoms with Gasteiger partial charge < -0.3 is 31.5 Å². The summed E-state index contributed by atoms with van der Waals surface area (Å²) in [6.07, 6.45) is 8.58. The van der Waals surface area contributed by atoms with E-state index in [1.165, 1.54) is 0 Å². The fourth-order valence-corrected chi connectivity index (χ4v) is 4.85. The highest BCUT2D eigenvalue weighted by Crippen LogP contribution is 2.30. The van der Waals surface area contributed by atoms with Crippen LogP contribution in [0, 0.1) is 0 Å². The average Bonchev–Trinajstić information content (AvgIpc) is 2.86. The summed E-state index contributed by atoms with van der Waals surface area (Å²) in [5, 5.41) is 20.0. The number of hydrogen-bond acceptors (Lipinski definition) is 8. The second-order valence-electron chi connectivity index (χ2n) is 9.51. The van der Waals surface area contributed by atoms with Crippen LogP contribution in [0.2, 0.25) is 5.02 Å². The topological polar surface area (TPSA) is 117 Å². The molecule has 2 fully saturated rings. The third-order valence-electron chi connectivity index (χ3n) is 6.84. The van der Waals surface area contributed by atoms with Crippen molar-refractivity contribution in [2.45, 2.75) is 62.6 Å². The van der Waals surface area contributed by atoms with Crippen LogP contribution in [0.1, 0.15) is 44.9 Å². The minimum absolute atomic E-state index is 0.242. The van der Waals surface area contributed by atoms with Crippen molar-refractivity contribution in [3.8, 4) is 11.3 Å². The van der Waals surface area contributed by atoms with Gasteiger partial charge in [-0.15, -0.1) is 0 Å². The molecule has 0 aromatic carbocycles. The number of halogens is 1. The van der Waals surface area contributed by atoms with E-state index < -0.39 is 0 Å². The fourth-order valence-electron chi connectivity index (χ4n) is 4.65. The second-order valence-corrected chi connectivity index (χ2v) is 9.92. The van der Waals surface area contributed by atoms with E-state index in [4.69, 9.17) is 32.2 Å². The number of ether oxygens (including phenoxy) is 1. The molecule has 2 aromatic heterocycles. The summed E-state index contributed by atoms with van der Waals surface area (Å²) >= 11 is 6.52. The predicted molar refractivity (Wildman–Crippen MR) is 137 cm³/mol. The Kier molecular flexibility index (Phi) is 8.97. The summed E-state index contributed by atoms with van der Waals surface area (Å²) in [6, 6.07) is 8.81. The molecular formula is C25H37ClN6O2. The lowest BCUT2D eigenvalue weighted by Gasteiger charge is -2.33.